The molecule has 184 valence electrons. The summed E-state index contributed by atoms with van der Waals surface area (Å²) in [6.45, 7) is 14.7. The first-order valence-corrected chi connectivity index (χ1v) is 11.1. The molecule has 4 atom stereocenters. The van der Waals surface area contributed by atoms with Crippen molar-refractivity contribution in [2.45, 2.75) is 110 Å². The maximum Gasteiger partial charge on any atom is 0.411 e. The average Bonchev–Trinajstić information content (AvgIpc) is 2.96. The number of esters is 1. The van der Waals surface area contributed by atoms with Crippen molar-refractivity contribution >= 4 is 23.8 Å². The summed E-state index contributed by atoms with van der Waals surface area (Å²) < 4.78 is 11.1. The van der Waals surface area contributed by atoms with E-state index in [4.69, 9.17) is 9.47 Å². The van der Waals surface area contributed by atoms with Gasteiger partial charge < -0.3 is 19.9 Å². The van der Waals surface area contributed by atoms with Crippen LogP contribution >= 0.6 is 0 Å². The Balaban J connectivity index is 3.44. The molecule has 2 N–H and O–H groups in total. The van der Waals surface area contributed by atoms with E-state index in [1.54, 1.807) is 48.5 Å². The van der Waals surface area contributed by atoms with Crippen molar-refractivity contribution in [2.24, 2.45) is 5.92 Å². The van der Waals surface area contributed by atoms with Gasteiger partial charge >= 0.3 is 12.1 Å². The zero-order valence-corrected chi connectivity index (χ0v) is 20.9. The smallest absolute Gasteiger partial charge is 0.411 e. The van der Waals surface area contributed by atoms with Crippen LogP contribution in [0.5, 0.6) is 0 Å². The predicted octanol–water partition coefficient (Wildman–Crippen LogP) is 2.58. The van der Waals surface area contributed by atoms with Crippen LogP contribution in [0.15, 0.2) is 0 Å². The summed E-state index contributed by atoms with van der Waals surface area (Å²) in [6.07, 6.45) is -1.14. The van der Waals surface area contributed by atoms with Crippen LogP contribution in [-0.4, -0.2) is 69.2 Å². The number of carbonyl (C=O) groups is 4. The van der Waals surface area contributed by atoms with E-state index in [9.17, 15) is 24.3 Å². The second-order valence-electron chi connectivity index (χ2n) is 10.7. The zero-order valence-electron chi connectivity index (χ0n) is 20.9. The highest BCUT2D eigenvalue weighted by Gasteiger charge is 2.57. The minimum atomic E-state index is -1.37. The van der Waals surface area contributed by atoms with Gasteiger partial charge in [-0.15, -0.1) is 0 Å². The molecule has 0 bridgehead atoms. The van der Waals surface area contributed by atoms with E-state index in [0.29, 0.717) is 0 Å². The summed E-state index contributed by atoms with van der Waals surface area (Å²) in [5.41, 5.74) is -2.99. The lowest BCUT2D eigenvalue weighted by atomic mass is 9.80. The van der Waals surface area contributed by atoms with E-state index < -0.39 is 46.9 Å². The van der Waals surface area contributed by atoms with Crippen LogP contribution in [0.1, 0.15) is 81.6 Å². The molecular formula is C23H40N2O7. The molecule has 1 heterocycles. The fraction of sp³-hybridized carbons (Fsp3) is 0.826. The Bertz CT molecular complexity index is 721. The molecule has 0 radical (unpaired) electrons. The van der Waals surface area contributed by atoms with Crippen molar-refractivity contribution in [3.63, 3.8) is 0 Å². The first-order valence-electron chi connectivity index (χ1n) is 11.1. The number of ether oxygens (including phenoxy) is 2. The number of aliphatic hydroxyl groups excluding tert-OH is 1. The van der Waals surface area contributed by atoms with Gasteiger partial charge in [0.25, 0.3) is 0 Å². The molecule has 2 amide bonds. The summed E-state index contributed by atoms with van der Waals surface area (Å²) in [5.74, 6) is -1.72. The third-order valence-electron chi connectivity index (χ3n) is 5.42. The Morgan fingerprint density at radius 2 is 1.59 bits per heavy atom. The number of nitrogens with one attached hydrogen (secondary N) is 1. The van der Waals surface area contributed by atoms with Crippen molar-refractivity contribution in [1.29, 1.82) is 0 Å². The highest BCUT2D eigenvalue weighted by molar-refractivity contribution is 5.94. The standard InChI is InChI=1S/C23H40N2O7/c1-14(26)17(13-24-16(3)28)12-23(15(2)27)11-10-18(19(29)31-21(4,5)6)25(23)20(30)32-22(7,8)9/h14,17-18,26H,10-13H2,1-9H3,(H,24,28)/t14?,17?,18-,23-/m1/s1. The van der Waals surface area contributed by atoms with E-state index in [1.165, 1.54) is 18.7 Å². The Hall–Kier alpha value is -2.16. The Labute approximate surface area is 191 Å². The highest BCUT2D eigenvalue weighted by Crippen LogP contribution is 2.42. The fourth-order valence-corrected chi connectivity index (χ4v) is 3.94. The van der Waals surface area contributed by atoms with Crippen LogP contribution < -0.4 is 5.32 Å². The molecule has 0 aromatic rings. The summed E-state index contributed by atoms with van der Waals surface area (Å²) in [5, 5.41) is 13.0. The van der Waals surface area contributed by atoms with Gasteiger partial charge in [-0.05, 0) is 74.7 Å². The van der Waals surface area contributed by atoms with Crippen molar-refractivity contribution in [3.05, 3.63) is 0 Å². The van der Waals surface area contributed by atoms with Crippen LogP contribution in [0.3, 0.4) is 0 Å². The molecule has 0 spiro atoms. The fourth-order valence-electron chi connectivity index (χ4n) is 3.94. The van der Waals surface area contributed by atoms with Gasteiger partial charge in [0.2, 0.25) is 5.91 Å². The number of likely N-dealkylation sites (tertiary alicyclic amines) is 1. The van der Waals surface area contributed by atoms with E-state index in [2.05, 4.69) is 5.32 Å². The molecule has 0 saturated carbocycles. The maximum atomic E-state index is 13.3. The van der Waals surface area contributed by atoms with Crippen LogP contribution in [0, 0.1) is 5.92 Å². The molecule has 0 aromatic heterocycles. The summed E-state index contributed by atoms with van der Waals surface area (Å²) in [7, 11) is 0. The first-order chi connectivity index (χ1) is 14.4. The summed E-state index contributed by atoms with van der Waals surface area (Å²) in [4.78, 5) is 51.9. The monoisotopic (exact) mass is 456 g/mol. The van der Waals surface area contributed by atoms with E-state index in [0.717, 1.165) is 0 Å². The molecule has 1 saturated heterocycles. The van der Waals surface area contributed by atoms with E-state index >= 15 is 0 Å². The topological polar surface area (TPSA) is 122 Å². The normalized spacial score (nSPS) is 23.3. The maximum absolute atomic E-state index is 13.3. The van der Waals surface area contributed by atoms with Crippen molar-refractivity contribution in [3.8, 4) is 0 Å². The summed E-state index contributed by atoms with van der Waals surface area (Å²) >= 11 is 0. The lowest BCUT2D eigenvalue weighted by molar-refractivity contribution is -0.162. The molecule has 0 aliphatic carbocycles. The number of ketones is 1. The molecule has 9 nitrogen and oxygen atoms in total. The number of nitrogens with zero attached hydrogens (tertiary/aromatic N) is 1. The minimum Gasteiger partial charge on any atom is -0.458 e. The van der Waals surface area contributed by atoms with Crippen molar-refractivity contribution in [2.75, 3.05) is 6.54 Å². The summed E-state index contributed by atoms with van der Waals surface area (Å²) in [6, 6.07) is -0.997. The lowest BCUT2D eigenvalue weighted by Gasteiger charge is -2.42. The number of rotatable bonds is 7. The van der Waals surface area contributed by atoms with E-state index in [1.807, 2.05) is 0 Å². The highest BCUT2D eigenvalue weighted by atomic mass is 16.6. The lowest BCUT2D eigenvalue weighted by Crippen LogP contribution is -2.59. The molecule has 1 fully saturated rings. The number of amides is 2. The second-order valence-corrected chi connectivity index (χ2v) is 10.7. The van der Waals surface area contributed by atoms with Crippen LogP contribution in [0.4, 0.5) is 4.79 Å². The van der Waals surface area contributed by atoms with Gasteiger partial charge in [-0.1, -0.05) is 0 Å². The van der Waals surface area contributed by atoms with Crippen molar-refractivity contribution < 1.29 is 33.8 Å². The van der Waals surface area contributed by atoms with Crippen LogP contribution in [-0.2, 0) is 23.9 Å². The third-order valence-corrected chi connectivity index (χ3v) is 5.42. The Morgan fingerprint density at radius 3 is 2.00 bits per heavy atom. The second kappa shape index (κ2) is 10.2. The first kappa shape index (κ1) is 27.9. The van der Waals surface area contributed by atoms with Crippen LogP contribution in [0.2, 0.25) is 0 Å². The van der Waals surface area contributed by atoms with Gasteiger partial charge in [0, 0.05) is 19.4 Å². The van der Waals surface area contributed by atoms with Crippen molar-refractivity contribution in [1.82, 2.24) is 10.2 Å². The number of hydrogen-bond donors (Lipinski definition) is 2. The molecule has 32 heavy (non-hydrogen) atoms. The van der Waals surface area contributed by atoms with Gasteiger partial charge in [0.1, 0.15) is 22.8 Å². The quantitative estimate of drug-likeness (QED) is 0.565. The SMILES string of the molecule is CC(=O)NCC(C[C@@]1(C(C)=O)CC[C@H](C(=O)OC(C)(C)C)N1C(=O)OC(C)(C)C)C(C)O. The predicted molar refractivity (Wildman–Crippen MR) is 119 cm³/mol. The number of carbonyl (C=O) groups excluding carboxylic acids is 4. The molecule has 2 unspecified atom stereocenters. The molecule has 9 heteroatoms. The zero-order chi connectivity index (χ0) is 25.1. The van der Waals surface area contributed by atoms with Gasteiger partial charge in [-0.3, -0.25) is 14.5 Å². The largest absolute Gasteiger partial charge is 0.458 e. The van der Waals surface area contributed by atoms with E-state index in [-0.39, 0.29) is 37.5 Å². The molecule has 1 aliphatic rings. The third kappa shape index (κ3) is 7.46. The average molecular weight is 457 g/mol. The number of hydrogen-bond acceptors (Lipinski definition) is 7. The molecule has 0 aromatic carbocycles. The Morgan fingerprint density at radius 1 is 1.06 bits per heavy atom. The van der Waals surface area contributed by atoms with Gasteiger partial charge in [-0.2, -0.15) is 0 Å². The minimum absolute atomic E-state index is 0.0683. The van der Waals surface area contributed by atoms with Gasteiger partial charge in [0.15, 0.2) is 5.78 Å². The van der Waals surface area contributed by atoms with Gasteiger partial charge in [-0.25, -0.2) is 9.59 Å². The molecule has 1 aliphatic heterocycles. The number of aliphatic hydroxyl groups is 1. The Kier molecular flexibility index (Phi) is 8.87. The molecular weight excluding hydrogens is 416 g/mol. The van der Waals surface area contributed by atoms with Gasteiger partial charge in [0.05, 0.1) is 6.10 Å². The van der Waals surface area contributed by atoms with Crippen LogP contribution in [0.25, 0.3) is 0 Å². The number of Topliss-reactive ketones (excluding diaryl/α,β-unsaturated/α-hetero) is 1. The molecule has 1 rings (SSSR count).